The predicted molar refractivity (Wildman–Crippen MR) is 119 cm³/mol. The number of aliphatic carboxylic acids is 2. The van der Waals surface area contributed by atoms with Crippen LogP contribution in [0.1, 0.15) is 24.2 Å². The van der Waals surface area contributed by atoms with Crippen LogP contribution in [0.5, 0.6) is 11.5 Å². The van der Waals surface area contributed by atoms with Crippen molar-refractivity contribution < 1.29 is 49.8 Å². The maximum absolute atomic E-state index is 10.5. The Labute approximate surface area is 201 Å². The summed E-state index contributed by atoms with van der Waals surface area (Å²) >= 11 is 0. The van der Waals surface area contributed by atoms with Gasteiger partial charge in [0, 0.05) is 12.6 Å². The summed E-state index contributed by atoms with van der Waals surface area (Å²) in [5, 5.41) is 61.4. The van der Waals surface area contributed by atoms with Crippen molar-refractivity contribution in [3.05, 3.63) is 53.6 Å². The fraction of sp³-hybridized carbons (Fsp3) is 0.348. The molecule has 0 radical (unpaired) electrons. The summed E-state index contributed by atoms with van der Waals surface area (Å²) < 4.78 is 5.14. The Kier molecular flexibility index (Phi) is 12.2. The first-order valence-electron chi connectivity index (χ1n) is 10.3. The molecule has 1 amide bonds. The predicted octanol–water partition coefficient (Wildman–Crippen LogP) is -2.57. The second-order valence-electron chi connectivity index (χ2n) is 7.44. The van der Waals surface area contributed by atoms with Gasteiger partial charge in [0.1, 0.15) is 23.7 Å². The molecule has 2 aromatic carbocycles. The number of ether oxygens (including phenoxy) is 1. The minimum atomic E-state index is -2.44. The van der Waals surface area contributed by atoms with E-state index in [1.807, 2.05) is 31.2 Å². The Morgan fingerprint density at radius 1 is 1.03 bits per heavy atom. The van der Waals surface area contributed by atoms with Gasteiger partial charge in [-0.3, -0.25) is 4.79 Å². The monoisotopic (exact) mass is 492 g/mol. The number of carbonyl (C=O) groups excluding carboxylic acids is 3. The zero-order valence-electron chi connectivity index (χ0n) is 19.1. The van der Waals surface area contributed by atoms with E-state index in [9.17, 15) is 34.8 Å². The molecule has 0 bridgehead atoms. The molecule has 2 rings (SSSR count). The summed E-state index contributed by atoms with van der Waals surface area (Å²) in [6.45, 7) is 2.41. The largest absolute Gasteiger partial charge is 0.547 e. The number of aliphatic hydroxyl groups is 3. The van der Waals surface area contributed by atoms with E-state index in [0.717, 1.165) is 12.2 Å². The SMILES string of the molecule is COc1ccc(C[C@@H](C)NC[C@H](O)c2ccc(O)c(NC=O)c2)cc1.O=C([O-])[C@@H](O)[C@H](O)C(=O)[O-]. The molecule has 35 heavy (non-hydrogen) atoms. The lowest BCUT2D eigenvalue weighted by molar-refractivity contribution is -0.333. The van der Waals surface area contributed by atoms with Gasteiger partial charge in [-0.05, 0) is 48.7 Å². The van der Waals surface area contributed by atoms with Gasteiger partial charge in [0.05, 0.1) is 30.8 Å². The molecule has 0 aromatic heterocycles. The number of rotatable bonds is 12. The van der Waals surface area contributed by atoms with Crippen molar-refractivity contribution >= 4 is 24.0 Å². The zero-order chi connectivity index (χ0) is 26.5. The highest BCUT2D eigenvalue weighted by Gasteiger charge is 2.17. The van der Waals surface area contributed by atoms with Gasteiger partial charge in [-0.2, -0.15) is 0 Å². The van der Waals surface area contributed by atoms with Crippen LogP contribution in [0.25, 0.3) is 0 Å². The molecule has 0 aliphatic carbocycles. The molecule has 6 N–H and O–H groups in total. The van der Waals surface area contributed by atoms with Crippen molar-refractivity contribution in [1.82, 2.24) is 5.32 Å². The molecule has 0 aliphatic heterocycles. The Hall–Kier alpha value is -3.71. The second-order valence-corrected chi connectivity index (χ2v) is 7.44. The van der Waals surface area contributed by atoms with Crippen molar-refractivity contribution in [3.63, 3.8) is 0 Å². The first-order valence-corrected chi connectivity index (χ1v) is 10.3. The molecule has 192 valence electrons. The molecule has 0 saturated heterocycles. The van der Waals surface area contributed by atoms with Gasteiger partial charge in [0.2, 0.25) is 6.41 Å². The third kappa shape index (κ3) is 9.98. The smallest absolute Gasteiger partial charge is 0.211 e. The van der Waals surface area contributed by atoms with E-state index in [4.69, 9.17) is 14.9 Å². The number of carboxylic acids is 2. The number of nitrogens with one attached hydrogen (secondary N) is 2. The lowest BCUT2D eigenvalue weighted by Crippen LogP contribution is -2.51. The third-order valence-corrected chi connectivity index (χ3v) is 4.76. The van der Waals surface area contributed by atoms with Crippen LogP contribution in [0.4, 0.5) is 5.69 Å². The number of aliphatic hydroxyl groups excluding tert-OH is 3. The maximum Gasteiger partial charge on any atom is 0.211 e. The average molecular weight is 492 g/mol. The number of aromatic hydroxyl groups is 1. The summed E-state index contributed by atoms with van der Waals surface area (Å²) in [5.41, 5.74) is 2.07. The van der Waals surface area contributed by atoms with E-state index in [-0.39, 0.29) is 17.5 Å². The van der Waals surface area contributed by atoms with Gasteiger partial charge in [-0.15, -0.1) is 0 Å². The Morgan fingerprint density at radius 3 is 2.09 bits per heavy atom. The number of phenols is 1. The summed E-state index contributed by atoms with van der Waals surface area (Å²) in [6.07, 6.45) is -4.31. The summed E-state index contributed by atoms with van der Waals surface area (Å²) in [4.78, 5) is 29.8. The van der Waals surface area contributed by atoms with Crippen molar-refractivity contribution in [3.8, 4) is 11.5 Å². The second kappa shape index (κ2) is 14.5. The molecule has 4 atom stereocenters. The van der Waals surface area contributed by atoms with Gasteiger partial charge >= 0.3 is 0 Å². The van der Waals surface area contributed by atoms with Crippen LogP contribution in [0.15, 0.2) is 42.5 Å². The number of benzene rings is 2. The Balaban J connectivity index is 0.000000518. The maximum atomic E-state index is 10.5. The highest BCUT2D eigenvalue weighted by atomic mass is 16.5. The number of phenolic OH excluding ortho intramolecular Hbond substituents is 1. The summed E-state index contributed by atoms with van der Waals surface area (Å²) in [7, 11) is 1.64. The van der Waals surface area contributed by atoms with E-state index in [1.165, 1.54) is 11.6 Å². The quantitative estimate of drug-likeness (QED) is 0.134. The van der Waals surface area contributed by atoms with Crippen LogP contribution in [-0.2, 0) is 20.8 Å². The highest BCUT2D eigenvalue weighted by Crippen LogP contribution is 2.26. The number of hydrogen-bond acceptors (Lipinski definition) is 11. The van der Waals surface area contributed by atoms with Crippen LogP contribution in [0.3, 0.4) is 0 Å². The minimum Gasteiger partial charge on any atom is -0.547 e. The molecule has 0 aliphatic rings. The van der Waals surface area contributed by atoms with E-state index in [2.05, 4.69) is 10.6 Å². The normalized spacial score (nSPS) is 13.9. The van der Waals surface area contributed by atoms with E-state index >= 15 is 0 Å². The Morgan fingerprint density at radius 2 is 1.60 bits per heavy atom. The number of carboxylic acid groups (broad SMARTS) is 2. The first-order chi connectivity index (χ1) is 16.5. The molecule has 0 saturated carbocycles. The van der Waals surface area contributed by atoms with Crippen molar-refractivity contribution in [2.45, 2.75) is 37.7 Å². The highest BCUT2D eigenvalue weighted by molar-refractivity contribution is 5.80. The summed E-state index contributed by atoms with van der Waals surface area (Å²) in [5.74, 6) is -3.33. The molecule has 12 nitrogen and oxygen atoms in total. The van der Waals surface area contributed by atoms with Crippen LogP contribution in [0, 0.1) is 0 Å². The van der Waals surface area contributed by atoms with Gasteiger partial charge in [-0.25, -0.2) is 0 Å². The fourth-order valence-electron chi connectivity index (χ4n) is 2.82. The topological polar surface area (TPSA) is 212 Å². The number of amides is 1. The van der Waals surface area contributed by atoms with Crippen LogP contribution < -0.4 is 25.6 Å². The van der Waals surface area contributed by atoms with Crippen LogP contribution >= 0.6 is 0 Å². The Bertz CT molecular complexity index is 949. The molecule has 2 aromatic rings. The zero-order valence-corrected chi connectivity index (χ0v) is 19.1. The van der Waals surface area contributed by atoms with Crippen molar-refractivity contribution in [2.75, 3.05) is 19.0 Å². The third-order valence-electron chi connectivity index (χ3n) is 4.76. The number of anilines is 1. The van der Waals surface area contributed by atoms with Gasteiger partial charge in [0.25, 0.3) is 0 Å². The number of methoxy groups -OCH3 is 1. The molecule has 0 fully saturated rings. The molecule has 0 spiro atoms. The average Bonchev–Trinajstić information content (AvgIpc) is 2.83. The van der Waals surface area contributed by atoms with Crippen molar-refractivity contribution in [2.24, 2.45) is 0 Å². The molecule has 0 unspecified atom stereocenters. The lowest BCUT2D eigenvalue weighted by Gasteiger charge is -2.18. The molecule has 12 heteroatoms. The molecular weight excluding hydrogens is 464 g/mol. The molecule has 0 heterocycles. The van der Waals surface area contributed by atoms with E-state index in [0.29, 0.717) is 18.5 Å². The van der Waals surface area contributed by atoms with Gasteiger partial charge in [0.15, 0.2) is 0 Å². The van der Waals surface area contributed by atoms with Gasteiger partial charge in [-0.1, -0.05) is 18.2 Å². The van der Waals surface area contributed by atoms with E-state index < -0.39 is 30.3 Å². The van der Waals surface area contributed by atoms with E-state index in [1.54, 1.807) is 19.2 Å². The molecular formula is C23H28N2O10-2. The lowest BCUT2D eigenvalue weighted by atomic mass is 10.1. The van der Waals surface area contributed by atoms with Crippen LogP contribution in [0.2, 0.25) is 0 Å². The number of carbonyl (C=O) groups is 3. The minimum absolute atomic E-state index is 0.0381. The van der Waals surface area contributed by atoms with Crippen molar-refractivity contribution in [1.29, 1.82) is 0 Å². The summed E-state index contributed by atoms with van der Waals surface area (Å²) in [6, 6.07) is 12.7. The van der Waals surface area contributed by atoms with Gasteiger partial charge < -0.3 is 55.6 Å². The first kappa shape index (κ1) is 29.3. The number of hydrogen-bond donors (Lipinski definition) is 6. The van der Waals surface area contributed by atoms with Crippen LogP contribution in [-0.4, -0.2) is 70.7 Å². The standard InChI is InChI=1S/C19H24N2O4.C4H6O6/c1-13(9-14-3-6-16(25-2)7-4-14)20-11-19(24)15-5-8-18(23)17(10-15)21-12-22;5-1(3(7)8)2(6)4(9)10/h3-8,10,12-13,19-20,23-24H,9,11H2,1-2H3,(H,21,22);1-2,5-6H,(H,7,8)(H,9,10)/p-2/t13-,19+;1-,2-/m10/s1. The fourth-order valence-corrected chi connectivity index (χ4v) is 2.82.